The van der Waals surface area contributed by atoms with Gasteiger partial charge >= 0.3 is 0 Å². The number of benzene rings is 1. The maximum Gasteiger partial charge on any atom is 0.263 e. The van der Waals surface area contributed by atoms with E-state index in [0.717, 1.165) is 36.1 Å². The third kappa shape index (κ3) is 3.98. The highest BCUT2D eigenvalue weighted by Gasteiger charge is 2.24. The van der Waals surface area contributed by atoms with Crippen molar-refractivity contribution in [1.29, 1.82) is 0 Å². The molecule has 0 unspecified atom stereocenters. The zero-order valence-corrected chi connectivity index (χ0v) is 15.4. The monoisotopic (exact) mass is 391 g/mol. The molecular formula is C18H22BrN3O2. The van der Waals surface area contributed by atoms with Gasteiger partial charge in [-0.3, -0.25) is 4.79 Å². The number of carbonyl (C=O) groups is 1. The molecule has 0 N–H and O–H groups in total. The van der Waals surface area contributed by atoms with Gasteiger partial charge < -0.3 is 9.64 Å². The van der Waals surface area contributed by atoms with Crippen LogP contribution in [0.3, 0.4) is 0 Å². The molecule has 128 valence electrons. The van der Waals surface area contributed by atoms with Gasteiger partial charge in [-0.25, -0.2) is 4.68 Å². The molecule has 1 saturated heterocycles. The minimum Gasteiger partial charge on any atom is -0.463 e. The highest BCUT2D eigenvalue weighted by molar-refractivity contribution is 9.10. The molecule has 5 nitrogen and oxygen atoms in total. The Bertz CT molecular complexity index is 679. The normalized spacial score (nSPS) is 16.5. The number of carbonyl (C=O) groups excluding carboxylic acids is 1. The molecule has 1 fully saturated rings. The summed E-state index contributed by atoms with van der Waals surface area (Å²) in [5.74, 6) is 0.479. The first-order chi connectivity index (χ1) is 11.6. The number of amides is 1. The molecule has 2 heterocycles. The number of para-hydroxylation sites is 1. The molecule has 1 aromatic carbocycles. The number of halogens is 1. The highest BCUT2D eigenvalue weighted by atomic mass is 79.9. The smallest absolute Gasteiger partial charge is 0.263 e. The first-order valence-corrected chi connectivity index (χ1v) is 9.20. The fourth-order valence-electron chi connectivity index (χ4n) is 2.90. The molecule has 1 aliphatic heterocycles. The summed E-state index contributed by atoms with van der Waals surface area (Å²) < 4.78 is 8.31. The van der Waals surface area contributed by atoms with Crippen LogP contribution in [0.15, 0.2) is 41.0 Å². The Hall–Kier alpha value is -1.82. The zero-order valence-electron chi connectivity index (χ0n) is 13.8. The van der Waals surface area contributed by atoms with Crippen molar-refractivity contribution in [3.63, 3.8) is 0 Å². The van der Waals surface area contributed by atoms with Crippen molar-refractivity contribution >= 4 is 21.8 Å². The van der Waals surface area contributed by atoms with E-state index in [2.05, 4.69) is 21.0 Å². The largest absolute Gasteiger partial charge is 0.463 e. The van der Waals surface area contributed by atoms with Crippen LogP contribution in [0.4, 0.5) is 0 Å². The van der Waals surface area contributed by atoms with Crippen molar-refractivity contribution in [1.82, 2.24) is 14.7 Å². The van der Waals surface area contributed by atoms with Crippen LogP contribution in [0.25, 0.3) is 5.69 Å². The number of likely N-dealkylation sites (tertiary alicyclic amines) is 1. The molecule has 1 aromatic heterocycles. The Kier molecular flexibility index (Phi) is 5.56. The van der Waals surface area contributed by atoms with Gasteiger partial charge in [0.15, 0.2) is 6.10 Å². The highest BCUT2D eigenvalue weighted by Crippen LogP contribution is 2.26. The van der Waals surface area contributed by atoms with E-state index < -0.39 is 6.10 Å². The van der Waals surface area contributed by atoms with Crippen molar-refractivity contribution in [3.05, 3.63) is 41.0 Å². The van der Waals surface area contributed by atoms with Gasteiger partial charge in [0.05, 0.1) is 10.2 Å². The van der Waals surface area contributed by atoms with Crippen molar-refractivity contribution in [2.75, 3.05) is 13.1 Å². The van der Waals surface area contributed by atoms with Gasteiger partial charge in [-0.15, -0.1) is 5.10 Å². The van der Waals surface area contributed by atoms with E-state index in [1.165, 1.54) is 12.8 Å². The number of ether oxygens (including phenoxy) is 1. The SMILES string of the molecule is C[C@@H](Oc1nn(-c2ccccc2)cc1Br)C(=O)N1CCCCCC1. The molecule has 1 aliphatic rings. The maximum atomic E-state index is 12.6. The first kappa shape index (κ1) is 17.0. The Labute approximate surface area is 150 Å². The fraction of sp³-hybridized carbons (Fsp3) is 0.444. The van der Waals surface area contributed by atoms with Crippen LogP contribution in [-0.4, -0.2) is 39.8 Å². The second-order valence-corrected chi connectivity index (χ2v) is 6.92. The van der Waals surface area contributed by atoms with Gasteiger partial charge in [0.25, 0.3) is 5.91 Å². The van der Waals surface area contributed by atoms with Crippen LogP contribution in [0, 0.1) is 0 Å². The second kappa shape index (κ2) is 7.83. The quantitative estimate of drug-likeness (QED) is 0.795. The third-order valence-electron chi connectivity index (χ3n) is 4.21. The predicted molar refractivity (Wildman–Crippen MR) is 96.4 cm³/mol. The number of hydrogen-bond donors (Lipinski definition) is 0. The molecule has 0 radical (unpaired) electrons. The summed E-state index contributed by atoms with van der Waals surface area (Å²) in [4.78, 5) is 14.5. The molecule has 1 atom stereocenters. The average molecular weight is 392 g/mol. The Morgan fingerprint density at radius 3 is 2.50 bits per heavy atom. The van der Waals surface area contributed by atoms with Crippen LogP contribution in [0.1, 0.15) is 32.6 Å². The summed E-state index contributed by atoms with van der Waals surface area (Å²) in [5, 5.41) is 4.44. The Balaban J connectivity index is 1.69. The van der Waals surface area contributed by atoms with Crippen LogP contribution < -0.4 is 4.74 Å². The minimum atomic E-state index is -0.543. The van der Waals surface area contributed by atoms with Gasteiger partial charge in [0, 0.05) is 19.3 Å². The van der Waals surface area contributed by atoms with Crippen LogP contribution in [0.2, 0.25) is 0 Å². The van der Waals surface area contributed by atoms with Crippen LogP contribution >= 0.6 is 15.9 Å². The predicted octanol–water partition coefficient (Wildman–Crippen LogP) is 3.80. The number of nitrogens with zero attached hydrogens (tertiary/aromatic N) is 3. The van der Waals surface area contributed by atoms with Crippen LogP contribution in [0.5, 0.6) is 5.88 Å². The molecular weight excluding hydrogens is 370 g/mol. The Morgan fingerprint density at radius 2 is 1.83 bits per heavy atom. The van der Waals surface area contributed by atoms with E-state index in [-0.39, 0.29) is 5.91 Å². The summed E-state index contributed by atoms with van der Waals surface area (Å²) in [6.07, 6.45) is 5.85. The van der Waals surface area contributed by atoms with E-state index >= 15 is 0 Å². The van der Waals surface area contributed by atoms with Gasteiger partial charge in [-0.1, -0.05) is 31.0 Å². The molecule has 1 amide bonds. The van der Waals surface area contributed by atoms with Crippen molar-refractivity contribution in [3.8, 4) is 11.6 Å². The van der Waals surface area contributed by atoms with E-state index in [9.17, 15) is 4.79 Å². The molecule has 3 rings (SSSR count). The summed E-state index contributed by atoms with van der Waals surface area (Å²) >= 11 is 3.47. The number of aromatic nitrogens is 2. The lowest BCUT2D eigenvalue weighted by molar-refractivity contribution is -0.138. The average Bonchev–Trinajstić information content (AvgIpc) is 2.80. The van der Waals surface area contributed by atoms with E-state index in [4.69, 9.17) is 4.74 Å². The van der Waals surface area contributed by atoms with Crippen molar-refractivity contribution < 1.29 is 9.53 Å². The molecule has 0 bridgehead atoms. The van der Waals surface area contributed by atoms with Crippen LogP contribution in [-0.2, 0) is 4.79 Å². The van der Waals surface area contributed by atoms with Gasteiger partial charge in [0.1, 0.15) is 0 Å². The summed E-state index contributed by atoms with van der Waals surface area (Å²) in [6, 6.07) is 9.80. The van der Waals surface area contributed by atoms with Gasteiger partial charge in [0.2, 0.25) is 5.88 Å². The number of rotatable bonds is 4. The molecule has 0 aliphatic carbocycles. The lowest BCUT2D eigenvalue weighted by Crippen LogP contribution is -2.41. The standard InChI is InChI=1S/C18H22BrN3O2/c1-14(18(23)21-11-7-2-3-8-12-21)24-17-16(19)13-22(20-17)15-9-5-4-6-10-15/h4-6,9-10,13-14H,2-3,7-8,11-12H2,1H3/t14-/m1/s1. The van der Waals surface area contributed by atoms with Gasteiger partial charge in [-0.05, 0) is 47.8 Å². The van der Waals surface area contributed by atoms with E-state index in [1.807, 2.05) is 41.4 Å². The lowest BCUT2D eigenvalue weighted by Gasteiger charge is -2.24. The van der Waals surface area contributed by atoms with Crippen molar-refractivity contribution in [2.45, 2.75) is 38.7 Å². The molecule has 0 spiro atoms. The summed E-state index contributed by atoms with van der Waals surface area (Å²) in [7, 11) is 0. The molecule has 6 heteroatoms. The number of hydrogen-bond acceptors (Lipinski definition) is 3. The molecule has 0 saturated carbocycles. The van der Waals surface area contributed by atoms with Crippen molar-refractivity contribution in [2.24, 2.45) is 0 Å². The second-order valence-electron chi connectivity index (χ2n) is 6.06. The molecule has 2 aromatic rings. The minimum absolute atomic E-state index is 0.0399. The summed E-state index contributed by atoms with van der Waals surface area (Å²) in [5.41, 5.74) is 0.944. The third-order valence-corrected chi connectivity index (χ3v) is 4.76. The summed E-state index contributed by atoms with van der Waals surface area (Å²) in [6.45, 7) is 3.44. The molecule has 24 heavy (non-hydrogen) atoms. The fourth-order valence-corrected chi connectivity index (χ4v) is 3.26. The van der Waals surface area contributed by atoms with E-state index in [1.54, 1.807) is 11.6 Å². The van der Waals surface area contributed by atoms with E-state index in [0.29, 0.717) is 5.88 Å². The topological polar surface area (TPSA) is 47.4 Å². The lowest BCUT2D eigenvalue weighted by atomic mass is 10.2. The maximum absolute atomic E-state index is 12.6. The van der Waals surface area contributed by atoms with Gasteiger partial charge in [-0.2, -0.15) is 0 Å². The Morgan fingerprint density at radius 1 is 1.17 bits per heavy atom. The first-order valence-electron chi connectivity index (χ1n) is 8.41. The zero-order chi connectivity index (χ0) is 16.9.